The fourth-order valence-corrected chi connectivity index (χ4v) is 1.02. The number of carbonyl (C=O) groups excluding carboxylic acids is 1. The van der Waals surface area contributed by atoms with Gasteiger partial charge in [0.2, 0.25) is 0 Å². The summed E-state index contributed by atoms with van der Waals surface area (Å²) in [5.41, 5.74) is 6.30. The van der Waals surface area contributed by atoms with Crippen molar-refractivity contribution in [2.75, 3.05) is 5.73 Å². The molecule has 0 aliphatic carbocycles. The van der Waals surface area contributed by atoms with E-state index in [4.69, 9.17) is 10.8 Å². The Bertz CT molecular complexity index is 390. The maximum atomic E-state index is 11.5. The van der Waals surface area contributed by atoms with Crippen molar-refractivity contribution in [2.45, 2.75) is 13.0 Å². The molecule has 1 amide bonds. The van der Waals surface area contributed by atoms with Gasteiger partial charge in [0.25, 0.3) is 5.91 Å². The topological polar surface area (TPSA) is 92.4 Å². The van der Waals surface area contributed by atoms with Gasteiger partial charge < -0.3 is 16.2 Å². The first-order valence-electron chi connectivity index (χ1n) is 4.40. The van der Waals surface area contributed by atoms with Gasteiger partial charge in [-0.3, -0.25) is 9.59 Å². The zero-order chi connectivity index (χ0) is 11.4. The third-order valence-corrected chi connectivity index (χ3v) is 1.87. The number of rotatable bonds is 3. The number of benzene rings is 1. The van der Waals surface area contributed by atoms with Crippen LogP contribution in [0, 0.1) is 0 Å². The van der Waals surface area contributed by atoms with Crippen LogP contribution in [0.1, 0.15) is 17.3 Å². The monoisotopic (exact) mass is 208 g/mol. The van der Waals surface area contributed by atoms with E-state index in [-0.39, 0.29) is 0 Å². The number of hydrogen-bond acceptors (Lipinski definition) is 3. The number of carboxylic acids is 1. The summed E-state index contributed by atoms with van der Waals surface area (Å²) < 4.78 is 0. The third kappa shape index (κ3) is 2.98. The number of carbonyl (C=O) groups is 2. The van der Waals surface area contributed by atoms with Crippen molar-refractivity contribution in [1.29, 1.82) is 0 Å². The summed E-state index contributed by atoms with van der Waals surface area (Å²) in [5, 5.41) is 10.9. The highest BCUT2D eigenvalue weighted by Crippen LogP contribution is 2.06. The van der Waals surface area contributed by atoms with Crippen molar-refractivity contribution in [2.24, 2.45) is 0 Å². The lowest BCUT2D eigenvalue weighted by Crippen LogP contribution is -2.38. The van der Waals surface area contributed by atoms with Crippen LogP contribution in [0.15, 0.2) is 24.3 Å². The maximum absolute atomic E-state index is 11.5. The molecule has 0 saturated carbocycles. The SMILES string of the molecule is CC(NC(=O)c1cccc(N)c1)C(=O)O. The molecule has 1 aromatic rings. The van der Waals surface area contributed by atoms with Crippen LogP contribution in [0.4, 0.5) is 5.69 Å². The van der Waals surface area contributed by atoms with Gasteiger partial charge in [-0.2, -0.15) is 0 Å². The van der Waals surface area contributed by atoms with Gasteiger partial charge in [-0.15, -0.1) is 0 Å². The van der Waals surface area contributed by atoms with E-state index >= 15 is 0 Å². The molecule has 1 aromatic carbocycles. The largest absolute Gasteiger partial charge is 0.480 e. The number of amides is 1. The molecule has 1 unspecified atom stereocenters. The smallest absolute Gasteiger partial charge is 0.325 e. The summed E-state index contributed by atoms with van der Waals surface area (Å²) in [6.07, 6.45) is 0. The minimum atomic E-state index is -1.08. The predicted octanol–water partition coefficient (Wildman–Crippen LogP) is 0.472. The van der Waals surface area contributed by atoms with Crippen LogP contribution in [-0.4, -0.2) is 23.0 Å². The lowest BCUT2D eigenvalue weighted by molar-refractivity contribution is -0.138. The van der Waals surface area contributed by atoms with Crippen molar-refractivity contribution in [3.05, 3.63) is 29.8 Å². The Labute approximate surface area is 86.9 Å². The van der Waals surface area contributed by atoms with Crippen LogP contribution in [-0.2, 0) is 4.79 Å². The van der Waals surface area contributed by atoms with Crippen LogP contribution in [0.2, 0.25) is 0 Å². The second-order valence-corrected chi connectivity index (χ2v) is 3.16. The van der Waals surface area contributed by atoms with Crippen LogP contribution < -0.4 is 11.1 Å². The maximum Gasteiger partial charge on any atom is 0.325 e. The van der Waals surface area contributed by atoms with Gasteiger partial charge in [0.15, 0.2) is 0 Å². The van der Waals surface area contributed by atoms with E-state index in [0.717, 1.165) is 0 Å². The molecule has 0 fully saturated rings. The molecule has 0 heterocycles. The number of nitrogens with one attached hydrogen (secondary N) is 1. The lowest BCUT2D eigenvalue weighted by atomic mass is 10.2. The third-order valence-electron chi connectivity index (χ3n) is 1.87. The molecule has 0 saturated heterocycles. The Morgan fingerprint density at radius 2 is 2.13 bits per heavy atom. The first-order valence-corrected chi connectivity index (χ1v) is 4.40. The van der Waals surface area contributed by atoms with Crippen LogP contribution in [0.3, 0.4) is 0 Å². The van der Waals surface area contributed by atoms with E-state index in [2.05, 4.69) is 5.32 Å². The van der Waals surface area contributed by atoms with Crippen LogP contribution in [0.5, 0.6) is 0 Å². The Kier molecular flexibility index (Phi) is 3.28. The summed E-state index contributed by atoms with van der Waals surface area (Å²) in [4.78, 5) is 22.0. The standard InChI is InChI=1S/C10H12N2O3/c1-6(10(14)15)12-9(13)7-3-2-4-8(11)5-7/h2-6H,11H2,1H3,(H,12,13)(H,14,15). The first kappa shape index (κ1) is 11.0. The minimum Gasteiger partial charge on any atom is -0.480 e. The number of aliphatic carboxylic acids is 1. The summed E-state index contributed by atoms with van der Waals surface area (Å²) in [7, 11) is 0. The molecule has 0 aliphatic rings. The number of nitrogens with two attached hydrogens (primary N) is 1. The molecule has 0 aromatic heterocycles. The molecule has 5 nitrogen and oxygen atoms in total. The van der Waals surface area contributed by atoms with Crippen molar-refractivity contribution in [3.63, 3.8) is 0 Å². The molecule has 0 aliphatic heterocycles. The number of nitrogen functional groups attached to an aromatic ring is 1. The molecular weight excluding hydrogens is 196 g/mol. The second-order valence-electron chi connectivity index (χ2n) is 3.16. The van der Waals surface area contributed by atoms with E-state index in [1.54, 1.807) is 18.2 Å². The summed E-state index contributed by atoms with van der Waals surface area (Å²) in [6.45, 7) is 1.40. The zero-order valence-electron chi connectivity index (χ0n) is 8.23. The van der Waals surface area contributed by atoms with E-state index in [1.807, 2.05) is 0 Å². The van der Waals surface area contributed by atoms with Gasteiger partial charge in [0.05, 0.1) is 0 Å². The Balaban J connectivity index is 2.73. The summed E-state index contributed by atoms with van der Waals surface area (Å²) in [5.74, 6) is -1.52. The minimum absolute atomic E-state index is 0.350. The number of carboxylic acid groups (broad SMARTS) is 1. The molecule has 0 spiro atoms. The average molecular weight is 208 g/mol. The van der Waals surface area contributed by atoms with Gasteiger partial charge in [-0.1, -0.05) is 6.07 Å². The first-order chi connectivity index (χ1) is 7.00. The molecule has 1 rings (SSSR count). The van der Waals surface area contributed by atoms with Gasteiger partial charge >= 0.3 is 5.97 Å². The van der Waals surface area contributed by atoms with Crippen molar-refractivity contribution >= 4 is 17.6 Å². The normalized spacial score (nSPS) is 11.8. The molecule has 5 heteroatoms. The molecule has 0 radical (unpaired) electrons. The highest BCUT2D eigenvalue weighted by molar-refractivity contribution is 5.97. The van der Waals surface area contributed by atoms with E-state index < -0.39 is 17.9 Å². The Morgan fingerprint density at radius 1 is 1.47 bits per heavy atom. The summed E-state index contributed by atoms with van der Waals surface area (Å²) >= 11 is 0. The Hall–Kier alpha value is -2.04. The van der Waals surface area contributed by atoms with E-state index in [1.165, 1.54) is 13.0 Å². The fraction of sp³-hybridized carbons (Fsp3) is 0.200. The van der Waals surface area contributed by atoms with Gasteiger partial charge in [-0.25, -0.2) is 0 Å². The van der Waals surface area contributed by atoms with Crippen molar-refractivity contribution in [3.8, 4) is 0 Å². The van der Waals surface area contributed by atoms with Crippen LogP contribution >= 0.6 is 0 Å². The number of anilines is 1. The average Bonchev–Trinajstić information content (AvgIpc) is 2.17. The molecule has 1 atom stereocenters. The highest BCUT2D eigenvalue weighted by atomic mass is 16.4. The summed E-state index contributed by atoms with van der Waals surface area (Å²) in [6, 6.07) is 5.43. The van der Waals surface area contributed by atoms with Gasteiger partial charge in [0, 0.05) is 11.3 Å². The quantitative estimate of drug-likeness (QED) is 0.629. The molecule has 4 N–H and O–H groups in total. The highest BCUT2D eigenvalue weighted by Gasteiger charge is 2.14. The molecule has 15 heavy (non-hydrogen) atoms. The van der Waals surface area contributed by atoms with Crippen molar-refractivity contribution in [1.82, 2.24) is 5.32 Å². The molecular formula is C10H12N2O3. The van der Waals surface area contributed by atoms with E-state index in [9.17, 15) is 9.59 Å². The predicted molar refractivity (Wildman–Crippen MR) is 55.4 cm³/mol. The zero-order valence-corrected chi connectivity index (χ0v) is 8.23. The van der Waals surface area contributed by atoms with Gasteiger partial charge in [0.1, 0.15) is 6.04 Å². The number of hydrogen-bond donors (Lipinski definition) is 3. The van der Waals surface area contributed by atoms with E-state index in [0.29, 0.717) is 11.3 Å². The molecule has 80 valence electrons. The lowest BCUT2D eigenvalue weighted by Gasteiger charge is -2.09. The second kappa shape index (κ2) is 4.45. The fourth-order valence-electron chi connectivity index (χ4n) is 1.02. The van der Waals surface area contributed by atoms with Crippen LogP contribution in [0.25, 0.3) is 0 Å². The molecule has 0 bridgehead atoms. The van der Waals surface area contributed by atoms with Crippen molar-refractivity contribution < 1.29 is 14.7 Å². The Morgan fingerprint density at radius 3 is 2.67 bits per heavy atom. The van der Waals surface area contributed by atoms with Gasteiger partial charge in [-0.05, 0) is 25.1 Å².